The molecule has 1 N–H and O–H groups in total. The summed E-state index contributed by atoms with van der Waals surface area (Å²) in [6, 6.07) is 9.98. The predicted molar refractivity (Wildman–Crippen MR) is 40.4 cm³/mol. The Kier molecular flexibility index (Phi) is 1.85. The SMILES string of the molecule is c1ccc(C2NC[N]O2)cc1. The van der Waals surface area contributed by atoms with Crippen molar-refractivity contribution in [1.29, 1.82) is 0 Å². The minimum atomic E-state index is -0.0452. The lowest BCUT2D eigenvalue weighted by Gasteiger charge is -2.06. The summed E-state index contributed by atoms with van der Waals surface area (Å²) in [6.07, 6.45) is -0.0452. The Hall–Kier alpha value is -0.900. The molecule has 57 valence electrons. The lowest BCUT2D eigenvalue weighted by Crippen LogP contribution is -2.13. The first kappa shape index (κ1) is 6.79. The van der Waals surface area contributed by atoms with Gasteiger partial charge in [0.1, 0.15) is 0 Å². The van der Waals surface area contributed by atoms with Gasteiger partial charge in [0.05, 0.1) is 6.67 Å². The van der Waals surface area contributed by atoms with Crippen LogP contribution >= 0.6 is 0 Å². The molecule has 1 aliphatic rings. The van der Waals surface area contributed by atoms with Crippen LogP contribution in [0.25, 0.3) is 0 Å². The van der Waals surface area contributed by atoms with Gasteiger partial charge in [0.25, 0.3) is 0 Å². The van der Waals surface area contributed by atoms with E-state index in [2.05, 4.69) is 10.8 Å². The molecule has 1 unspecified atom stereocenters. The van der Waals surface area contributed by atoms with E-state index in [1.54, 1.807) is 0 Å². The van der Waals surface area contributed by atoms with Gasteiger partial charge in [-0.1, -0.05) is 35.8 Å². The monoisotopic (exact) mass is 149 g/mol. The summed E-state index contributed by atoms with van der Waals surface area (Å²) in [4.78, 5) is 5.05. The third-order valence-corrected chi connectivity index (χ3v) is 1.62. The van der Waals surface area contributed by atoms with Gasteiger partial charge in [-0.2, -0.15) is 0 Å². The molecular weight excluding hydrogens is 140 g/mol. The molecular formula is C8H9N2O. The summed E-state index contributed by atoms with van der Waals surface area (Å²) >= 11 is 0. The first-order valence-corrected chi connectivity index (χ1v) is 3.58. The molecule has 0 spiro atoms. The summed E-state index contributed by atoms with van der Waals surface area (Å²) in [5.41, 5.74) is 4.85. The lowest BCUT2D eigenvalue weighted by molar-refractivity contribution is 0.0211. The minimum Gasteiger partial charge on any atom is -0.270 e. The fourth-order valence-corrected chi connectivity index (χ4v) is 1.08. The van der Waals surface area contributed by atoms with Crippen molar-refractivity contribution in [2.45, 2.75) is 6.23 Å². The van der Waals surface area contributed by atoms with Gasteiger partial charge in [0.15, 0.2) is 6.23 Å². The average molecular weight is 149 g/mol. The molecule has 3 heteroatoms. The van der Waals surface area contributed by atoms with Gasteiger partial charge in [-0.05, 0) is 5.56 Å². The maximum atomic E-state index is 5.05. The van der Waals surface area contributed by atoms with Crippen LogP contribution in [0.1, 0.15) is 11.8 Å². The van der Waals surface area contributed by atoms with E-state index < -0.39 is 0 Å². The van der Waals surface area contributed by atoms with Crippen LogP contribution in [-0.2, 0) is 4.84 Å². The van der Waals surface area contributed by atoms with Gasteiger partial charge in [-0.3, -0.25) is 10.2 Å². The Morgan fingerprint density at radius 3 is 2.82 bits per heavy atom. The standard InChI is InChI=1S/C8H9N2O/c1-2-4-7(5-3-1)8-9-6-10-11-8/h1-5,8-9H,6H2. The number of nitrogens with one attached hydrogen (secondary N) is 1. The molecule has 1 heterocycles. The highest BCUT2D eigenvalue weighted by Crippen LogP contribution is 2.14. The molecule has 0 saturated carbocycles. The number of hydroxylamine groups is 1. The first-order valence-electron chi connectivity index (χ1n) is 3.58. The molecule has 1 radical (unpaired) electrons. The molecule has 1 saturated heterocycles. The lowest BCUT2D eigenvalue weighted by atomic mass is 10.2. The molecule has 1 atom stereocenters. The third-order valence-electron chi connectivity index (χ3n) is 1.62. The highest BCUT2D eigenvalue weighted by Gasteiger charge is 2.16. The van der Waals surface area contributed by atoms with E-state index in [9.17, 15) is 0 Å². The summed E-state index contributed by atoms with van der Waals surface area (Å²) in [5.74, 6) is 0. The van der Waals surface area contributed by atoms with E-state index in [1.165, 1.54) is 0 Å². The largest absolute Gasteiger partial charge is 0.270 e. The molecule has 0 aromatic heterocycles. The van der Waals surface area contributed by atoms with Crippen molar-refractivity contribution in [3.05, 3.63) is 35.9 Å². The summed E-state index contributed by atoms with van der Waals surface area (Å²) < 4.78 is 0. The molecule has 0 aliphatic carbocycles. The number of hydrogen-bond donors (Lipinski definition) is 1. The maximum Gasteiger partial charge on any atom is 0.158 e. The van der Waals surface area contributed by atoms with Gasteiger partial charge < -0.3 is 0 Å². The van der Waals surface area contributed by atoms with E-state index >= 15 is 0 Å². The molecule has 1 aromatic rings. The van der Waals surface area contributed by atoms with Gasteiger partial charge in [-0.25, -0.2) is 0 Å². The van der Waals surface area contributed by atoms with Crippen LogP contribution in [0, 0.1) is 0 Å². The minimum absolute atomic E-state index is 0.0452. The van der Waals surface area contributed by atoms with E-state index in [0.29, 0.717) is 6.67 Å². The first-order chi connectivity index (χ1) is 5.47. The summed E-state index contributed by atoms with van der Waals surface area (Å²) in [6.45, 7) is 0.583. The molecule has 1 fully saturated rings. The van der Waals surface area contributed by atoms with E-state index in [0.717, 1.165) is 5.56 Å². The van der Waals surface area contributed by atoms with Crippen molar-refractivity contribution in [1.82, 2.24) is 10.8 Å². The molecule has 1 aliphatic heterocycles. The second-order valence-electron chi connectivity index (χ2n) is 2.39. The normalized spacial score (nSPS) is 23.8. The fraction of sp³-hybridized carbons (Fsp3) is 0.250. The Labute approximate surface area is 65.3 Å². The Morgan fingerprint density at radius 2 is 2.18 bits per heavy atom. The van der Waals surface area contributed by atoms with Gasteiger partial charge in [0.2, 0.25) is 0 Å². The number of benzene rings is 1. The highest BCUT2D eigenvalue weighted by molar-refractivity contribution is 5.17. The van der Waals surface area contributed by atoms with E-state index in [4.69, 9.17) is 4.84 Å². The van der Waals surface area contributed by atoms with Crippen molar-refractivity contribution >= 4 is 0 Å². The van der Waals surface area contributed by atoms with Crippen LogP contribution < -0.4 is 10.8 Å². The third kappa shape index (κ3) is 1.40. The predicted octanol–water partition coefficient (Wildman–Crippen LogP) is 0.782. The van der Waals surface area contributed by atoms with Crippen LogP contribution in [0.15, 0.2) is 30.3 Å². The zero-order valence-corrected chi connectivity index (χ0v) is 6.03. The number of rotatable bonds is 1. The van der Waals surface area contributed by atoms with Crippen molar-refractivity contribution in [2.24, 2.45) is 0 Å². The molecule has 2 rings (SSSR count). The molecule has 11 heavy (non-hydrogen) atoms. The summed E-state index contributed by atoms with van der Waals surface area (Å²) in [5, 5.41) is 3.08. The van der Waals surface area contributed by atoms with Gasteiger partial charge >= 0.3 is 0 Å². The van der Waals surface area contributed by atoms with Crippen molar-refractivity contribution in [2.75, 3.05) is 6.67 Å². The topological polar surface area (TPSA) is 35.4 Å². The number of nitrogens with zero attached hydrogens (tertiary/aromatic N) is 1. The Balaban J connectivity index is 2.16. The van der Waals surface area contributed by atoms with Crippen LogP contribution in [0.3, 0.4) is 0 Å². The van der Waals surface area contributed by atoms with Crippen molar-refractivity contribution < 1.29 is 4.84 Å². The molecule has 1 aromatic carbocycles. The maximum absolute atomic E-state index is 5.05. The number of hydrogen-bond acceptors (Lipinski definition) is 2. The molecule has 3 nitrogen and oxygen atoms in total. The zero-order valence-electron chi connectivity index (χ0n) is 6.03. The highest BCUT2D eigenvalue weighted by atomic mass is 16.7. The fourth-order valence-electron chi connectivity index (χ4n) is 1.08. The smallest absolute Gasteiger partial charge is 0.158 e. The second kappa shape index (κ2) is 3.00. The van der Waals surface area contributed by atoms with Crippen molar-refractivity contribution in [3.8, 4) is 0 Å². The molecule has 0 bridgehead atoms. The summed E-state index contributed by atoms with van der Waals surface area (Å²) in [7, 11) is 0. The van der Waals surface area contributed by atoms with Crippen LogP contribution in [0.4, 0.5) is 0 Å². The van der Waals surface area contributed by atoms with E-state index in [1.807, 2.05) is 30.3 Å². The Bertz CT molecular complexity index is 219. The van der Waals surface area contributed by atoms with E-state index in [-0.39, 0.29) is 6.23 Å². The van der Waals surface area contributed by atoms with Crippen LogP contribution in [0.2, 0.25) is 0 Å². The molecule has 0 amide bonds. The van der Waals surface area contributed by atoms with Crippen LogP contribution in [-0.4, -0.2) is 6.67 Å². The van der Waals surface area contributed by atoms with Gasteiger partial charge in [0, 0.05) is 0 Å². The zero-order chi connectivity index (χ0) is 7.52. The van der Waals surface area contributed by atoms with Gasteiger partial charge in [-0.15, -0.1) is 0 Å². The Morgan fingerprint density at radius 1 is 1.36 bits per heavy atom. The quantitative estimate of drug-likeness (QED) is 0.640. The average Bonchev–Trinajstić information content (AvgIpc) is 2.58. The van der Waals surface area contributed by atoms with Crippen LogP contribution in [0.5, 0.6) is 0 Å². The van der Waals surface area contributed by atoms with Crippen molar-refractivity contribution in [3.63, 3.8) is 0 Å². The second-order valence-corrected chi connectivity index (χ2v) is 2.39.